The van der Waals surface area contributed by atoms with Gasteiger partial charge in [0, 0.05) is 13.0 Å². The van der Waals surface area contributed by atoms with Crippen LogP contribution in [0.15, 0.2) is 22.6 Å². The summed E-state index contributed by atoms with van der Waals surface area (Å²) in [6.45, 7) is 3.95. The van der Waals surface area contributed by atoms with E-state index in [2.05, 4.69) is 10.3 Å². The number of thiophene rings is 1. The van der Waals surface area contributed by atoms with Crippen molar-refractivity contribution in [3.8, 4) is 0 Å². The van der Waals surface area contributed by atoms with Gasteiger partial charge in [-0.15, -0.1) is 11.3 Å². The van der Waals surface area contributed by atoms with E-state index < -0.39 is 17.9 Å². The van der Waals surface area contributed by atoms with E-state index in [4.69, 9.17) is 5.11 Å². The average molecular weight is 337 g/mol. The molecule has 7 nitrogen and oxygen atoms in total. The van der Waals surface area contributed by atoms with Crippen LogP contribution in [-0.2, 0) is 16.1 Å². The van der Waals surface area contributed by atoms with Crippen molar-refractivity contribution in [1.82, 2.24) is 14.9 Å². The highest BCUT2D eigenvalue weighted by atomic mass is 32.1. The molecule has 1 unspecified atom stereocenters. The molecule has 2 aromatic heterocycles. The number of nitrogens with one attached hydrogen (secondary N) is 1. The number of carbonyl (C=O) groups excluding carboxylic acids is 1. The van der Waals surface area contributed by atoms with Crippen molar-refractivity contribution in [3.05, 3.63) is 28.1 Å². The molecule has 23 heavy (non-hydrogen) atoms. The van der Waals surface area contributed by atoms with Crippen LogP contribution in [0.2, 0.25) is 0 Å². The number of amides is 1. The summed E-state index contributed by atoms with van der Waals surface area (Å²) < 4.78 is 1.37. The molecular formula is C15H19N3O4S. The zero-order chi connectivity index (χ0) is 17.0. The summed E-state index contributed by atoms with van der Waals surface area (Å²) >= 11 is 1.38. The average Bonchev–Trinajstić information content (AvgIpc) is 2.94. The van der Waals surface area contributed by atoms with E-state index in [0.29, 0.717) is 16.6 Å². The van der Waals surface area contributed by atoms with Gasteiger partial charge >= 0.3 is 5.97 Å². The summed E-state index contributed by atoms with van der Waals surface area (Å²) in [5, 5.41) is 13.9. The van der Waals surface area contributed by atoms with Gasteiger partial charge in [-0.2, -0.15) is 0 Å². The van der Waals surface area contributed by atoms with E-state index in [-0.39, 0.29) is 24.4 Å². The molecule has 0 spiro atoms. The third kappa shape index (κ3) is 4.38. The normalized spacial score (nSPS) is 12.5. The molecule has 0 saturated carbocycles. The van der Waals surface area contributed by atoms with Crippen LogP contribution in [0, 0.1) is 5.92 Å². The number of fused-ring (bicyclic) bond motifs is 1. The Bertz CT molecular complexity index is 765. The molecule has 2 N–H and O–H groups in total. The van der Waals surface area contributed by atoms with E-state index in [0.717, 1.165) is 0 Å². The summed E-state index contributed by atoms with van der Waals surface area (Å²) in [5.41, 5.74) is -0.194. The maximum Gasteiger partial charge on any atom is 0.326 e. The van der Waals surface area contributed by atoms with Crippen LogP contribution in [-0.4, -0.2) is 32.6 Å². The molecule has 0 radical (unpaired) electrons. The van der Waals surface area contributed by atoms with Gasteiger partial charge in [0.1, 0.15) is 10.9 Å². The van der Waals surface area contributed by atoms with Gasteiger partial charge in [-0.1, -0.05) is 13.8 Å². The maximum atomic E-state index is 12.2. The van der Waals surface area contributed by atoms with Crippen LogP contribution in [0.4, 0.5) is 0 Å². The predicted octanol–water partition coefficient (Wildman–Crippen LogP) is 1.46. The zero-order valence-corrected chi connectivity index (χ0v) is 13.8. The molecule has 0 aliphatic rings. The van der Waals surface area contributed by atoms with Crippen LogP contribution < -0.4 is 10.9 Å². The van der Waals surface area contributed by atoms with E-state index in [1.165, 1.54) is 22.2 Å². The number of carboxylic acids is 1. The molecule has 0 aliphatic carbocycles. The van der Waals surface area contributed by atoms with Crippen molar-refractivity contribution < 1.29 is 14.7 Å². The largest absolute Gasteiger partial charge is 0.480 e. The number of aliphatic carboxylic acids is 1. The third-order valence-electron chi connectivity index (χ3n) is 3.37. The number of carboxylic acid groups (broad SMARTS) is 1. The summed E-state index contributed by atoms with van der Waals surface area (Å²) in [7, 11) is 0. The van der Waals surface area contributed by atoms with Gasteiger partial charge in [-0.3, -0.25) is 14.2 Å². The Morgan fingerprint density at radius 2 is 2.17 bits per heavy atom. The Labute approximate surface area is 137 Å². The highest BCUT2D eigenvalue weighted by molar-refractivity contribution is 7.16. The van der Waals surface area contributed by atoms with E-state index in [9.17, 15) is 14.4 Å². The van der Waals surface area contributed by atoms with Crippen LogP contribution in [0.5, 0.6) is 0 Å². The van der Waals surface area contributed by atoms with E-state index in [1.54, 1.807) is 11.4 Å². The van der Waals surface area contributed by atoms with Crippen LogP contribution >= 0.6 is 11.3 Å². The Hall–Kier alpha value is -2.22. The molecule has 8 heteroatoms. The minimum atomic E-state index is -1.05. The fourth-order valence-corrected chi connectivity index (χ4v) is 2.96. The number of carbonyl (C=O) groups is 2. The molecule has 0 bridgehead atoms. The SMILES string of the molecule is CC(C)CC(NC(=O)CCn1cnc2sccc2c1=O)C(=O)O. The minimum absolute atomic E-state index is 0.0269. The van der Waals surface area contributed by atoms with Crippen molar-refractivity contribution in [2.45, 2.75) is 39.3 Å². The van der Waals surface area contributed by atoms with Crippen molar-refractivity contribution in [3.63, 3.8) is 0 Å². The van der Waals surface area contributed by atoms with Gasteiger partial charge < -0.3 is 10.4 Å². The summed E-state index contributed by atoms with van der Waals surface area (Å²) in [5.74, 6) is -1.29. The van der Waals surface area contributed by atoms with Gasteiger partial charge in [-0.25, -0.2) is 9.78 Å². The molecule has 2 rings (SSSR count). The Morgan fingerprint density at radius 3 is 2.83 bits per heavy atom. The zero-order valence-electron chi connectivity index (χ0n) is 13.0. The molecule has 0 aliphatic heterocycles. The molecular weight excluding hydrogens is 318 g/mol. The first-order valence-electron chi connectivity index (χ1n) is 7.33. The second kappa shape index (κ2) is 7.36. The highest BCUT2D eigenvalue weighted by Gasteiger charge is 2.20. The molecule has 1 amide bonds. The third-order valence-corrected chi connectivity index (χ3v) is 4.19. The predicted molar refractivity (Wildman–Crippen MR) is 87.5 cm³/mol. The summed E-state index contributed by atoms with van der Waals surface area (Å²) in [6, 6.07) is 0.798. The summed E-state index contributed by atoms with van der Waals surface area (Å²) in [4.78, 5) is 40.1. The van der Waals surface area contributed by atoms with Crippen molar-refractivity contribution in [2.24, 2.45) is 5.92 Å². The first kappa shape index (κ1) is 17.1. The van der Waals surface area contributed by atoms with Gasteiger partial charge in [0.2, 0.25) is 5.91 Å². The lowest BCUT2D eigenvalue weighted by Gasteiger charge is -2.16. The topological polar surface area (TPSA) is 101 Å². The van der Waals surface area contributed by atoms with Crippen LogP contribution in [0.3, 0.4) is 0 Å². The fourth-order valence-electron chi connectivity index (χ4n) is 2.23. The monoisotopic (exact) mass is 337 g/mol. The number of rotatable bonds is 7. The van der Waals surface area contributed by atoms with Crippen molar-refractivity contribution >= 4 is 33.4 Å². The van der Waals surface area contributed by atoms with E-state index >= 15 is 0 Å². The number of aromatic nitrogens is 2. The second-order valence-electron chi connectivity index (χ2n) is 5.72. The van der Waals surface area contributed by atoms with Gasteiger partial charge in [0.15, 0.2) is 0 Å². The molecule has 0 aromatic carbocycles. The summed E-state index contributed by atoms with van der Waals surface area (Å²) in [6.07, 6.45) is 1.81. The van der Waals surface area contributed by atoms with Gasteiger partial charge in [0.05, 0.1) is 11.7 Å². The lowest BCUT2D eigenvalue weighted by atomic mass is 10.0. The standard InChI is InChI=1S/C15H19N3O4S/c1-9(2)7-11(15(21)22)17-12(19)3-5-18-8-16-13-10(14(18)20)4-6-23-13/h4,6,8-9,11H,3,5,7H2,1-2H3,(H,17,19)(H,21,22). The first-order valence-corrected chi connectivity index (χ1v) is 8.21. The van der Waals surface area contributed by atoms with Crippen molar-refractivity contribution in [2.75, 3.05) is 0 Å². The van der Waals surface area contributed by atoms with Gasteiger partial charge in [0.25, 0.3) is 5.56 Å². The Kier molecular flexibility index (Phi) is 5.49. The Balaban J connectivity index is 1.98. The molecule has 2 aromatic rings. The lowest BCUT2D eigenvalue weighted by molar-refractivity contribution is -0.142. The molecule has 124 valence electrons. The quantitative estimate of drug-likeness (QED) is 0.796. The molecule has 0 saturated heterocycles. The number of hydrogen-bond acceptors (Lipinski definition) is 5. The second-order valence-corrected chi connectivity index (χ2v) is 6.61. The van der Waals surface area contributed by atoms with Gasteiger partial charge in [-0.05, 0) is 23.8 Å². The smallest absolute Gasteiger partial charge is 0.326 e. The first-order chi connectivity index (χ1) is 10.9. The fraction of sp³-hybridized carbons (Fsp3) is 0.467. The number of aryl methyl sites for hydroxylation is 1. The highest BCUT2D eigenvalue weighted by Crippen LogP contribution is 2.13. The Morgan fingerprint density at radius 1 is 1.43 bits per heavy atom. The lowest BCUT2D eigenvalue weighted by Crippen LogP contribution is -2.42. The number of nitrogens with zero attached hydrogens (tertiary/aromatic N) is 2. The maximum absolute atomic E-state index is 12.2. The minimum Gasteiger partial charge on any atom is -0.480 e. The number of hydrogen-bond donors (Lipinski definition) is 2. The van der Waals surface area contributed by atoms with Crippen LogP contribution in [0.1, 0.15) is 26.7 Å². The van der Waals surface area contributed by atoms with E-state index in [1.807, 2.05) is 13.8 Å². The molecule has 1 atom stereocenters. The van der Waals surface area contributed by atoms with Crippen molar-refractivity contribution in [1.29, 1.82) is 0 Å². The van der Waals surface area contributed by atoms with Crippen LogP contribution in [0.25, 0.3) is 10.2 Å². The molecule has 0 fully saturated rings. The molecule has 2 heterocycles.